The lowest BCUT2D eigenvalue weighted by molar-refractivity contribution is -0.149. The first-order chi connectivity index (χ1) is 8.10. The number of carbonyl (C=O) groups excluding carboxylic acids is 2. The van der Waals surface area contributed by atoms with E-state index >= 15 is 0 Å². The Morgan fingerprint density at radius 2 is 1.35 bits per heavy atom. The highest BCUT2D eigenvalue weighted by Gasteiger charge is 2.29. The topological polar surface area (TPSA) is 100 Å². The summed E-state index contributed by atoms with van der Waals surface area (Å²) in [4.78, 5) is 22.6. The number of nitrogens with zero attached hydrogens (tertiary/aromatic N) is 2. The lowest BCUT2D eigenvalue weighted by atomic mass is 9.96. The van der Waals surface area contributed by atoms with Crippen LogP contribution in [0.15, 0.2) is 0 Å². The molecule has 0 aromatic rings. The molecular weight excluding hydrogens is 224 g/mol. The Morgan fingerprint density at radius 1 is 1.00 bits per heavy atom. The molecule has 0 rings (SSSR count). The van der Waals surface area contributed by atoms with Crippen molar-refractivity contribution in [3.05, 3.63) is 0 Å². The average molecular weight is 238 g/mol. The molecule has 0 unspecified atom stereocenters. The van der Waals surface area contributed by atoms with Crippen LogP contribution in [0, 0.1) is 34.5 Å². The summed E-state index contributed by atoms with van der Waals surface area (Å²) in [7, 11) is 0. The molecule has 0 amide bonds. The zero-order valence-corrected chi connectivity index (χ0v) is 9.80. The minimum atomic E-state index is -1.12. The van der Waals surface area contributed by atoms with Crippen LogP contribution < -0.4 is 0 Å². The normalized spacial score (nSPS) is 12.7. The zero-order chi connectivity index (χ0) is 13.3. The highest BCUT2D eigenvalue weighted by molar-refractivity contribution is 5.79. The Morgan fingerprint density at radius 3 is 1.59 bits per heavy atom. The molecule has 0 spiro atoms. The van der Waals surface area contributed by atoms with Crippen LogP contribution in [0.5, 0.6) is 0 Å². The van der Waals surface area contributed by atoms with E-state index < -0.39 is 23.8 Å². The molecule has 0 bridgehead atoms. The van der Waals surface area contributed by atoms with Crippen molar-refractivity contribution in [1.29, 1.82) is 10.5 Å². The lowest BCUT2D eigenvalue weighted by Gasteiger charge is -2.11. The van der Waals surface area contributed by atoms with Gasteiger partial charge in [0.2, 0.25) is 0 Å². The number of hydrogen-bond acceptors (Lipinski definition) is 6. The summed E-state index contributed by atoms with van der Waals surface area (Å²) in [5.74, 6) is -3.69. The van der Waals surface area contributed by atoms with Crippen molar-refractivity contribution in [3.63, 3.8) is 0 Å². The molecule has 17 heavy (non-hydrogen) atoms. The molecule has 0 fully saturated rings. The number of hydrogen-bond donors (Lipinski definition) is 0. The minimum Gasteiger partial charge on any atom is -0.465 e. The van der Waals surface area contributed by atoms with Crippen LogP contribution in [0.25, 0.3) is 0 Å². The van der Waals surface area contributed by atoms with Crippen molar-refractivity contribution in [2.75, 3.05) is 13.2 Å². The molecule has 0 aliphatic heterocycles. The SMILES string of the molecule is CCOC(=O)[C@H](C#N)C[C@H](C#N)C(=O)OCC. The zero-order valence-electron chi connectivity index (χ0n) is 9.80. The second-order valence-electron chi connectivity index (χ2n) is 3.10. The van der Waals surface area contributed by atoms with Crippen molar-refractivity contribution in [3.8, 4) is 12.1 Å². The van der Waals surface area contributed by atoms with Crippen LogP contribution in [0.4, 0.5) is 0 Å². The molecule has 0 N–H and O–H groups in total. The van der Waals surface area contributed by atoms with Gasteiger partial charge in [0.05, 0.1) is 25.4 Å². The number of rotatable bonds is 6. The summed E-state index contributed by atoms with van der Waals surface area (Å²) in [5, 5.41) is 17.5. The van der Waals surface area contributed by atoms with Crippen LogP contribution in [-0.4, -0.2) is 25.2 Å². The molecule has 0 aliphatic carbocycles. The van der Waals surface area contributed by atoms with Crippen molar-refractivity contribution in [2.24, 2.45) is 11.8 Å². The van der Waals surface area contributed by atoms with Gasteiger partial charge in [-0.25, -0.2) is 0 Å². The van der Waals surface area contributed by atoms with Crippen molar-refractivity contribution >= 4 is 11.9 Å². The standard InChI is InChI=1S/C11H14N2O4/c1-3-16-10(14)8(6-12)5-9(7-13)11(15)17-4-2/h8-9H,3-5H2,1-2H3/t8-,9+. The predicted molar refractivity (Wildman–Crippen MR) is 56.1 cm³/mol. The van der Waals surface area contributed by atoms with E-state index in [4.69, 9.17) is 10.5 Å². The Balaban J connectivity index is 4.55. The predicted octanol–water partition coefficient (Wildman–Crippen LogP) is 0.782. The highest BCUT2D eigenvalue weighted by Crippen LogP contribution is 2.14. The quantitative estimate of drug-likeness (QED) is 0.634. The molecule has 0 aromatic carbocycles. The van der Waals surface area contributed by atoms with Gasteiger partial charge in [0.25, 0.3) is 0 Å². The third-order valence-corrected chi connectivity index (χ3v) is 1.93. The van der Waals surface area contributed by atoms with Gasteiger partial charge in [-0.2, -0.15) is 10.5 Å². The van der Waals surface area contributed by atoms with E-state index in [-0.39, 0.29) is 19.6 Å². The molecule has 0 saturated carbocycles. The Labute approximate surface area is 99.7 Å². The van der Waals surface area contributed by atoms with Gasteiger partial charge < -0.3 is 9.47 Å². The van der Waals surface area contributed by atoms with E-state index in [1.807, 2.05) is 0 Å². The van der Waals surface area contributed by atoms with Crippen molar-refractivity contribution in [1.82, 2.24) is 0 Å². The summed E-state index contributed by atoms with van der Waals surface area (Å²) in [6, 6.07) is 3.43. The van der Waals surface area contributed by atoms with E-state index in [1.165, 1.54) is 0 Å². The maximum atomic E-state index is 11.3. The molecule has 92 valence electrons. The Hall–Kier alpha value is -2.08. The van der Waals surface area contributed by atoms with Gasteiger partial charge in [-0.05, 0) is 13.8 Å². The van der Waals surface area contributed by atoms with Crippen LogP contribution in [0.1, 0.15) is 20.3 Å². The largest absolute Gasteiger partial charge is 0.465 e. The van der Waals surface area contributed by atoms with Gasteiger partial charge in [-0.1, -0.05) is 0 Å². The van der Waals surface area contributed by atoms with E-state index in [2.05, 4.69) is 9.47 Å². The molecule has 0 aliphatic rings. The molecule has 6 nitrogen and oxygen atoms in total. The third kappa shape index (κ3) is 4.98. The van der Waals surface area contributed by atoms with E-state index in [0.717, 1.165) is 0 Å². The fourth-order valence-electron chi connectivity index (χ4n) is 1.12. The van der Waals surface area contributed by atoms with Crippen LogP contribution >= 0.6 is 0 Å². The first-order valence-electron chi connectivity index (χ1n) is 5.23. The molecule has 0 radical (unpaired) electrons. The fourth-order valence-corrected chi connectivity index (χ4v) is 1.12. The first kappa shape index (κ1) is 14.9. The van der Waals surface area contributed by atoms with Gasteiger partial charge in [-0.3, -0.25) is 9.59 Å². The molecular formula is C11H14N2O4. The monoisotopic (exact) mass is 238 g/mol. The van der Waals surface area contributed by atoms with E-state index in [9.17, 15) is 9.59 Å². The van der Waals surface area contributed by atoms with Gasteiger partial charge in [0, 0.05) is 6.42 Å². The lowest BCUT2D eigenvalue weighted by Crippen LogP contribution is -2.24. The van der Waals surface area contributed by atoms with Gasteiger partial charge in [-0.15, -0.1) is 0 Å². The van der Waals surface area contributed by atoms with Crippen LogP contribution in [0.2, 0.25) is 0 Å². The third-order valence-electron chi connectivity index (χ3n) is 1.93. The van der Waals surface area contributed by atoms with Crippen LogP contribution in [-0.2, 0) is 19.1 Å². The smallest absolute Gasteiger partial charge is 0.323 e. The summed E-state index contributed by atoms with van der Waals surface area (Å²) in [6.45, 7) is 3.51. The van der Waals surface area contributed by atoms with Crippen molar-refractivity contribution in [2.45, 2.75) is 20.3 Å². The summed E-state index contributed by atoms with van der Waals surface area (Å²) >= 11 is 0. The second kappa shape index (κ2) is 8.12. The first-order valence-corrected chi connectivity index (χ1v) is 5.23. The van der Waals surface area contributed by atoms with Gasteiger partial charge in [0.15, 0.2) is 0 Å². The molecule has 6 heteroatoms. The maximum Gasteiger partial charge on any atom is 0.323 e. The summed E-state index contributed by atoms with van der Waals surface area (Å²) in [5.41, 5.74) is 0. The molecule has 0 saturated heterocycles. The molecule has 0 heterocycles. The maximum absolute atomic E-state index is 11.3. The van der Waals surface area contributed by atoms with Crippen molar-refractivity contribution < 1.29 is 19.1 Å². The Kier molecular flexibility index (Phi) is 7.12. The number of carbonyl (C=O) groups is 2. The second-order valence-corrected chi connectivity index (χ2v) is 3.10. The number of nitriles is 2. The Bertz CT molecular complexity index is 319. The summed E-state index contributed by atoms with van der Waals surface area (Å²) < 4.78 is 9.31. The fraction of sp³-hybridized carbons (Fsp3) is 0.636. The van der Waals surface area contributed by atoms with Gasteiger partial charge in [0.1, 0.15) is 11.8 Å². The average Bonchev–Trinajstić information content (AvgIpc) is 2.31. The summed E-state index contributed by atoms with van der Waals surface area (Å²) in [6.07, 6.45) is -0.204. The number of ether oxygens (including phenoxy) is 2. The number of esters is 2. The van der Waals surface area contributed by atoms with E-state index in [1.54, 1.807) is 26.0 Å². The molecule has 0 aromatic heterocycles. The van der Waals surface area contributed by atoms with Gasteiger partial charge >= 0.3 is 11.9 Å². The highest BCUT2D eigenvalue weighted by atomic mass is 16.5. The molecule has 2 atom stereocenters. The van der Waals surface area contributed by atoms with Crippen LogP contribution in [0.3, 0.4) is 0 Å². The minimum absolute atomic E-state index is 0.146. The van der Waals surface area contributed by atoms with E-state index in [0.29, 0.717) is 0 Å².